The van der Waals surface area contributed by atoms with E-state index in [1.807, 2.05) is 48.5 Å². The molecule has 0 aromatic heterocycles. The Bertz CT molecular complexity index is 1080. The Balaban J connectivity index is 1.61. The van der Waals surface area contributed by atoms with Gasteiger partial charge in [0.15, 0.2) is 11.5 Å². The zero-order valence-electron chi connectivity index (χ0n) is 19.3. The second-order valence-electron chi connectivity index (χ2n) is 8.07. The lowest BCUT2D eigenvalue weighted by Crippen LogP contribution is -2.41. The number of fused-ring (bicyclic) bond motifs is 1. The van der Waals surface area contributed by atoms with Crippen molar-refractivity contribution in [2.45, 2.75) is 19.0 Å². The first-order valence-electron chi connectivity index (χ1n) is 11.1. The lowest BCUT2D eigenvalue weighted by atomic mass is 9.91. The van der Waals surface area contributed by atoms with Crippen LogP contribution >= 0.6 is 0 Å². The molecule has 172 valence electrons. The third-order valence-corrected chi connectivity index (χ3v) is 6.15. The molecule has 1 unspecified atom stereocenters. The molecule has 0 spiro atoms. The highest BCUT2D eigenvalue weighted by atomic mass is 16.5. The van der Waals surface area contributed by atoms with Crippen molar-refractivity contribution < 1.29 is 19.0 Å². The SMILES string of the molecule is COc1ccc(CN2CCc3cc(OC)c(OC)cc3C2CNC(=O)c2ccccc2)cc1. The first kappa shape index (κ1) is 22.7. The van der Waals surface area contributed by atoms with Gasteiger partial charge in [-0.1, -0.05) is 30.3 Å². The molecular weight excluding hydrogens is 416 g/mol. The predicted octanol–water partition coefficient (Wildman–Crippen LogP) is 4.24. The normalized spacial score (nSPS) is 15.4. The van der Waals surface area contributed by atoms with Crippen molar-refractivity contribution >= 4 is 5.91 Å². The molecule has 0 saturated heterocycles. The van der Waals surface area contributed by atoms with Gasteiger partial charge in [0.05, 0.1) is 27.4 Å². The molecule has 3 aromatic carbocycles. The average Bonchev–Trinajstić information content (AvgIpc) is 2.87. The van der Waals surface area contributed by atoms with E-state index in [9.17, 15) is 4.79 Å². The summed E-state index contributed by atoms with van der Waals surface area (Å²) in [5.41, 5.74) is 4.22. The van der Waals surface area contributed by atoms with Crippen molar-refractivity contribution in [2.75, 3.05) is 34.4 Å². The molecule has 0 fully saturated rings. The Morgan fingerprint density at radius 1 is 0.939 bits per heavy atom. The van der Waals surface area contributed by atoms with E-state index >= 15 is 0 Å². The molecular formula is C27H30N2O4. The average molecular weight is 447 g/mol. The Hall–Kier alpha value is -3.51. The molecule has 0 bridgehead atoms. The highest BCUT2D eigenvalue weighted by molar-refractivity contribution is 5.94. The quantitative estimate of drug-likeness (QED) is 0.561. The van der Waals surface area contributed by atoms with Crippen LogP contribution in [0.15, 0.2) is 66.7 Å². The van der Waals surface area contributed by atoms with Gasteiger partial charge in [-0.3, -0.25) is 9.69 Å². The summed E-state index contributed by atoms with van der Waals surface area (Å²) in [5.74, 6) is 2.19. The van der Waals surface area contributed by atoms with Gasteiger partial charge in [0.1, 0.15) is 5.75 Å². The first-order valence-corrected chi connectivity index (χ1v) is 11.1. The summed E-state index contributed by atoms with van der Waals surface area (Å²) >= 11 is 0. The molecule has 1 aliphatic heterocycles. The maximum atomic E-state index is 12.8. The molecule has 4 rings (SSSR count). The monoisotopic (exact) mass is 446 g/mol. The van der Waals surface area contributed by atoms with Crippen molar-refractivity contribution in [3.8, 4) is 17.2 Å². The van der Waals surface area contributed by atoms with E-state index < -0.39 is 0 Å². The van der Waals surface area contributed by atoms with E-state index in [2.05, 4.69) is 28.4 Å². The van der Waals surface area contributed by atoms with Gasteiger partial charge >= 0.3 is 0 Å². The summed E-state index contributed by atoms with van der Waals surface area (Å²) in [6, 6.07) is 21.5. The number of ether oxygens (including phenoxy) is 3. The number of hydrogen-bond acceptors (Lipinski definition) is 5. The van der Waals surface area contributed by atoms with Crippen LogP contribution < -0.4 is 19.5 Å². The summed E-state index contributed by atoms with van der Waals surface area (Å²) in [4.78, 5) is 15.2. The van der Waals surface area contributed by atoms with E-state index in [1.54, 1.807) is 21.3 Å². The number of carbonyl (C=O) groups excluding carboxylic acids is 1. The van der Waals surface area contributed by atoms with E-state index in [1.165, 1.54) is 11.1 Å². The summed E-state index contributed by atoms with van der Waals surface area (Å²) in [5, 5.41) is 3.14. The summed E-state index contributed by atoms with van der Waals surface area (Å²) < 4.78 is 16.4. The largest absolute Gasteiger partial charge is 0.497 e. The fraction of sp³-hybridized carbons (Fsp3) is 0.296. The molecule has 6 nitrogen and oxygen atoms in total. The summed E-state index contributed by atoms with van der Waals surface area (Å²) in [6.45, 7) is 2.14. The molecule has 0 aliphatic carbocycles. The molecule has 1 atom stereocenters. The van der Waals surface area contributed by atoms with Gasteiger partial charge in [-0.25, -0.2) is 0 Å². The Morgan fingerprint density at radius 3 is 2.30 bits per heavy atom. The Kier molecular flexibility index (Phi) is 7.15. The minimum absolute atomic E-state index is 0.00307. The minimum Gasteiger partial charge on any atom is -0.497 e. The third kappa shape index (κ3) is 5.12. The topological polar surface area (TPSA) is 60.0 Å². The zero-order valence-corrected chi connectivity index (χ0v) is 19.3. The van der Waals surface area contributed by atoms with Crippen molar-refractivity contribution in [1.82, 2.24) is 10.2 Å². The number of hydrogen-bond donors (Lipinski definition) is 1. The second kappa shape index (κ2) is 10.4. The smallest absolute Gasteiger partial charge is 0.251 e. The van der Waals surface area contributed by atoms with Crippen LogP contribution in [-0.4, -0.2) is 45.2 Å². The molecule has 1 amide bonds. The molecule has 0 radical (unpaired) electrons. The zero-order chi connectivity index (χ0) is 23.2. The number of benzene rings is 3. The number of nitrogens with one attached hydrogen (secondary N) is 1. The van der Waals surface area contributed by atoms with Gasteiger partial charge in [0.2, 0.25) is 0 Å². The van der Waals surface area contributed by atoms with Gasteiger partial charge in [0.25, 0.3) is 5.91 Å². The minimum atomic E-state index is -0.0763. The van der Waals surface area contributed by atoms with Gasteiger partial charge in [0, 0.05) is 25.2 Å². The Morgan fingerprint density at radius 2 is 1.64 bits per heavy atom. The van der Waals surface area contributed by atoms with Crippen LogP contribution in [0.4, 0.5) is 0 Å². The molecule has 3 aromatic rings. The highest BCUT2D eigenvalue weighted by Gasteiger charge is 2.29. The van der Waals surface area contributed by atoms with Gasteiger partial charge < -0.3 is 19.5 Å². The van der Waals surface area contributed by atoms with Crippen LogP contribution in [0.3, 0.4) is 0 Å². The number of carbonyl (C=O) groups is 1. The Labute approximate surface area is 195 Å². The summed E-state index contributed by atoms with van der Waals surface area (Å²) in [7, 11) is 4.97. The molecule has 1 N–H and O–H groups in total. The predicted molar refractivity (Wildman–Crippen MR) is 128 cm³/mol. The fourth-order valence-corrected chi connectivity index (χ4v) is 4.35. The second-order valence-corrected chi connectivity index (χ2v) is 8.07. The van der Waals surface area contributed by atoms with E-state index in [0.717, 1.165) is 36.6 Å². The number of methoxy groups -OCH3 is 3. The molecule has 6 heteroatoms. The van der Waals surface area contributed by atoms with Crippen LogP contribution in [-0.2, 0) is 13.0 Å². The van der Waals surface area contributed by atoms with Crippen molar-refractivity contribution in [1.29, 1.82) is 0 Å². The summed E-state index contributed by atoms with van der Waals surface area (Å²) in [6.07, 6.45) is 0.898. The lowest BCUT2D eigenvalue weighted by molar-refractivity contribution is 0.0926. The lowest BCUT2D eigenvalue weighted by Gasteiger charge is -2.38. The maximum Gasteiger partial charge on any atom is 0.251 e. The van der Waals surface area contributed by atoms with Crippen LogP contribution in [0, 0.1) is 0 Å². The van der Waals surface area contributed by atoms with Crippen LogP contribution in [0.1, 0.15) is 33.1 Å². The van der Waals surface area contributed by atoms with Crippen LogP contribution in [0.25, 0.3) is 0 Å². The van der Waals surface area contributed by atoms with Gasteiger partial charge in [-0.05, 0) is 59.5 Å². The van der Waals surface area contributed by atoms with E-state index in [0.29, 0.717) is 17.9 Å². The standard InChI is InChI=1S/C27H30N2O4/c1-31-22-11-9-19(10-12-22)18-29-14-13-21-15-25(32-2)26(33-3)16-23(21)24(29)17-28-27(30)20-7-5-4-6-8-20/h4-12,15-16,24H,13-14,17-18H2,1-3H3,(H,28,30). The van der Waals surface area contributed by atoms with E-state index in [4.69, 9.17) is 14.2 Å². The third-order valence-electron chi connectivity index (χ3n) is 6.15. The molecule has 1 heterocycles. The van der Waals surface area contributed by atoms with E-state index in [-0.39, 0.29) is 11.9 Å². The fourth-order valence-electron chi connectivity index (χ4n) is 4.35. The number of nitrogens with zero attached hydrogens (tertiary/aromatic N) is 1. The highest BCUT2D eigenvalue weighted by Crippen LogP contribution is 2.38. The number of rotatable bonds is 8. The number of amides is 1. The van der Waals surface area contributed by atoms with Crippen molar-refractivity contribution in [2.24, 2.45) is 0 Å². The first-order chi connectivity index (χ1) is 16.1. The van der Waals surface area contributed by atoms with Crippen molar-refractivity contribution in [3.05, 3.63) is 89.0 Å². The molecule has 1 aliphatic rings. The van der Waals surface area contributed by atoms with Crippen molar-refractivity contribution in [3.63, 3.8) is 0 Å². The van der Waals surface area contributed by atoms with Gasteiger partial charge in [-0.15, -0.1) is 0 Å². The van der Waals surface area contributed by atoms with Crippen LogP contribution in [0.2, 0.25) is 0 Å². The molecule has 0 saturated carbocycles. The van der Waals surface area contributed by atoms with Crippen LogP contribution in [0.5, 0.6) is 17.2 Å². The maximum absolute atomic E-state index is 12.8. The molecule has 33 heavy (non-hydrogen) atoms. The van der Waals surface area contributed by atoms with Gasteiger partial charge in [-0.2, -0.15) is 0 Å².